The highest BCUT2D eigenvalue weighted by Gasteiger charge is 2.21. The van der Waals surface area contributed by atoms with Gasteiger partial charge in [-0.3, -0.25) is 0 Å². The normalized spacial score (nSPS) is 14.7. The number of rotatable bonds is 5. The van der Waals surface area contributed by atoms with Crippen molar-refractivity contribution in [3.05, 3.63) is 23.8 Å². The Kier molecular flexibility index (Phi) is 4.40. The van der Waals surface area contributed by atoms with Gasteiger partial charge in [-0.15, -0.1) is 0 Å². The summed E-state index contributed by atoms with van der Waals surface area (Å²) < 4.78 is 0. The smallest absolute Gasteiger partial charge is 0.0793 e. The van der Waals surface area contributed by atoms with Crippen LogP contribution in [0.1, 0.15) is 32.8 Å². The molecule has 0 spiro atoms. The van der Waals surface area contributed by atoms with E-state index in [1.165, 1.54) is 0 Å². The zero-order chi connectivity index (χ0) is 13.1. The maximum absolute atomic E-state index is 10.2. The molecule has 0 radical (unpaired) electrons. The lowest BCUT2D eigenvalue weighted by atomic mass is 9.94. The van der Waals surface area contributed by atoms with Crippen LogP contribution in [-0.2, 0) is 0 Å². The third-order valence-corrected chi connectivity index (χ3v) is 2.77. The molecule has 1 rings (SSSR count). The van der Waals surface area contributed by atoms with Gasteiger partial charge in [0.15, 0.2) is 0 Å². The van der Waals surface area contributed by atoms with E-state index in [2.05, 4.69) is 19.2 Å². The molecule has 17 heavy (non-hydrogen) atoms. The van der Waals surface area contributed by atoms with Gasteiger partial charge in [-0.05, 0) is 43.9 Å². The molecule has 0 saturated carbocycles. The number of nitrogens with one attached hydrogen (secondary N) is 1. The van der Waals surface area contributed by atoms with Crippen LogP contribution in [0.4, 0.5) is 11.4 Å². The zero-order valence-electron chi connectivity index (χ0n) is 11.2. The number of aliphatic hydroxyl groups is 1. The van der Waals surface area contributed by atoms with Crippen molar-refractivity contribution in [3.63, 3.8) is 0 Å². The quantitative estimate of drug-likeness (QED) is 0.689. The van der Waals surface area contributed by atoms with Crippen molar-refractivity contribution < 1.29 is 5.11 Å². The minimum absolute atomic E-state index is 0.480. The fourth-order valence-corrected chi connectivity index (χ4v) is 2.07. The average molecular weight is 236 g/mol. The number of aryl methyl sites for hydroxylation is 1. The second-order valence-corrected chi connectivity index (χ2v) is 5.52. The lowest BCUT2D eigenvalue weighted by molar-refractivity contribution is 0.0515. The first kappa shape index (κ1) is 13.8. The molecule has 4 N–H and O–H groups in total. The number of anilines is 2. The SMILES string of the molecule is Cc1ccc(N)cc1NCC(C)(O)CC(C)C. The Morgan fingerprint density at radius 3 is 2.65 bits per heavy atom. The van der Waals surface area contributed by atoms with E-state index in [1.807, 2.05) is 32.0 Å². The Morgan fingerprint density at radius 1 is 1.41 bits per heavy atom. The van der Waals surface area contributed by atoms with Crippen molar-refractivity contribution in [1.29, 1.82) is 0 Å². The largest absolute Gasteiger partial charge is 0.399 e. The van der Waals surface area contributed by atoms with Crippen LogP contribution in [0.25, 0.3) is 0 Å². The number of hydrogen-bond donors (Lipinski definition) is 3. The molecule has 1 aromatic rings. The minimum Gasteiger partial charge on any atom is -0.399 e. The molecule has 0 bridgehead atoms. The van der Waals surface area contributed by atoms with Crippen LogP contribution in [0.5, 0.6) is 0 Å². The first-order valence-electron chi connectivity index (χ1n) is 6.12. The van der Waals surface area contributed by atoms with Crippen molar-refractivity contribution in [2.24, 2.45) is 5.92 Å². The Hall–Kier alpha value is -1.22. The van der Waals surface area contributed by atoms with E-state index < -0.39 is 5.60 Å². The highest BCUT2D eigenvalue weighted by Crippen LogP contribution is 2.21. The molecule has 0 aliphatic carbocycles. The lowest BCUT2D eigenvalue weighted by Crippen LogP contribution is -2.35. The fraction of sp³-hybridized carbons (Fsp3) is 0.571. The van der Waals surface area contributed by atoms with Crippen molar-refractivity contribution in [2.45, 2.75) is 39.7 Å². The van der Waals surface area contributed by atoms with Gasteiger partial charge in [-0.25, -0.2) is 0 Å². The topological polar surface area (TPSA) is 58.3 Å². The maximum atomic E-state index is 10.2. The molecule has 0 aliphatic rings. The van der Waals surface area contributed by atoms with Crippen molar-refractivity contribution in [2.75, 3.05) is 17.6 Å². The van der Waals surface area contributed by atoms with Gasteiger partial charge < -0.3 is 16.2 Å². The van der Waals surface area contributed by atoms with Crippen LogP contribution in [0.3, 0.4) is 0 Å². The van der Waals surface area contributed by atoms with Gasteiger partial charge in [0, 0.05) is 17.9 Å². The van der Waals surface area contributed by atoms with Crippen molar-refractivity contribution in [3.8, 4) is 0 Å². The molecule has 3 heteroatoms. The summed E-state index contributed by atoms with van der Waals surface area (Å²) in [6, 6.07) is 5.77. The Bertz CT molecular complexity index is 372. The highest BCUT2D eigenvalue weighted by molar-refractivity contribution is 5.59. The number of hydrogen-bond acceptors (Lipinski definition) is 3. The van der Waals surface area contributed by atoms with Gasteiger partial charge in [-0.2, -0.15) is 0 Å². The van der Waals surface area contributed by atoms with Crippen LogP contribution in [0.2, 0.25) is 0 Å². The highest BCUT2D eigenvalue weighted by atomic mass is 16.3. The molecule has 1 atom stereocenters. The van der Waals surface area contributed by atoms with E-state index in [1.54, 1.807) is 0 Å². The molecule has 0 saturated heterocycles. The van der Waals surface area contributed by atoms with E-state index in [4.69, 9.17) is 5.73 Å². The second-order valence-electron chi connectivity index (χ2n) is 5.52. The summed E-state index contributed by atoms with van der Waals surface area (Å²) in [6.07, 6.45) is 0.779. The third-order valence-electron chi connectivity index (χ3n) is 2.77. The van der Waals surface area contributed by atoms with Crippen LogP contribution >= 0.6 is 0 Å². The summed E-state index contributed by atoms with van der Waals surface area (Å²) >= 11 is 0. The Balaban J connectivity index is 2.63. The molecule has 96 valence electrons. The molecular formula is C14H24N2O. The van der Waals surface area contributed by atoms with Gasteiger partial charge in [0.05, 0.1) is 5.60 Å². The van der Waals surface area contributed by atoms with Gasteiger partial charge in [0.25, 0.3) is 0 Å². The molecule has 1 aromatic carbocycles. The summed E-state index contributed by atoms with van der Waals surface area (Å²) in [5.41, 5.74) is 7.93. The third kappa shape index (κ3) is 4.65. The molecule has 1 unspecified atom stereocenters. The van der Waals surface area contributed by atoms with Gasteiger partial charge in [0.2, 0.25) is 0 Å². The predicted molar refractivity (Wildman–Crippen MR) is 74.2 cm³/mol. The van der Waals surface area contributed by atoms with E-state index in [0.29, 0.717) is 12.5 Å². The van der Waals surface area contributed by atoms with Crippen LogP contribution in [0, 0.1) is 12.8 Å². The molecule has 0 aromatic heterocycles. The van der Waals surface area contributed by atoms with Crippen LogP contribution < -0.4 is 11.1 Å². The maximum Gasteiger partial charge on any atom is 0.0793 e. The monoisotopic (exact) mass is 236 g/mol. The Labute approximate surface area is 104 Å². The van der Waals surface area contributed by atoms with E-state index in [0.717, 1.165) is 23.4 Å². The number of nitrogen functional groups attached to an aromatic ring is 1. The van der Waals surface area contributed by atoms with Gasteiger partial charge in [-0.1, -0.05) is 19.9 Å². The minimum atomic E-state index is -0.689. The standard InChI is InChI=1S/C14H24N2O/c1-10(2)8-14(4,17)9-16-13-7-12(15)6-5-11(13)3/h5-7,10,16-17H,8-9,15H2,1-4H3. The summed E-state index contributed by atoms with van der Waals surface area (Å²) in [7, 11) is 0. The second kappa shape index (κ2) is 5.41. The molecule has 0 amide bonds. The van der Waals surface area contributed by atoms with Crippen LogP contribution in [0.15, 0.2) is 18.2 Å². The van der Waals surface area contributed by atoms with E-state index in [-0.39, 0.29) is 0 Å². The molecule has 0 aliphatic heterocycles. The first-order chi connectivity index (χ1) is 7.80. The number of benzene rings is 1. The summed E-state index contributed by atoms with van der Waals surface area (Å²) in [5, 5.41) is 13.5. The molecular weight excluding hydrogens is 212 g/mol. The summed E-state index contributed by atoms with van der Waals surface area (Å²) in [6.45, 7) is 8.65. The molecule has 3 nitrogen and oxygen atoms in total. The van der Waals surface area contributed by atoms with Crippen molar-refractivity contribution in [1.82, 2.24) is 0 Å². The average Bonchev–Trinajstić information content (AvgIpc) is 2.17. The first-order valence-corrected chi connectivity index (χ1v) is 6.12. The van der Waals surface area contributed by atoms with Gasteiger partial charge in [0.1, 0.15) is 0 Å². The van der Waals surface area contributed by atoms with Crippen LogP contribution in [-0.4, -0.2) is 17.3 Å². The number of nitrogens with two attached hydrogens (primary N) is 1. The summed E-state index contributed by atoms with van der Waals surface area (Å²) in [4.78, 5) is 0. The Morgan fingerprint density at radius 2 is 2.06 bits per heavy atom. The van der Waals surface area contributed by atoms with Crippen molar-refractivity contribution >= 4 is 11.4 Å². The van der Waals surface area contributed by atoms with E-state index >= 15 is 0 Å². The molecule has 0 fully saturated rings. The predicted octanol–water partition coefficient (Wildman–Crippen LogP) is 2.79. The van der Waals surface area contributed by atoms with Gasteiger partial charge >= 0.3 is 0 Å². The zero-order valence-corrected chi connectivity index (χ0v) is 11.2. The van der Waals surface area contributed by atoms with E-state index in [9.17, 15) is 5.11 Å². The molecule has 0 heterocycles. The summed E-state index contributed by atoms with van der Waals surface area (Å²) in [5.74, 6) is 0.480. The fourth-order valence-electron chi connectivity index (χ4n) is 2.07. The lowest BCUT2D eigenvalue weighted by Gasteiger charge is -2.26.